The van der Waals surface area contributed by atoms with E-state index in [-0.39, 0.29) is 49.4 Å². The number of fused-ring (bicyclic) bond motifs is 1. The van der Waals surface area contributed by atoms with E-state index in [9.17, 15) is 18.3 Å². The molecule has 0 aliphatic carbocycles. The van der Waals surface area contributed by atoms with Crippen LogP contribution >= 0.6 is 15.9 Å². The number of imidazole rings is 1. The highest BCUT2D eigenvalue weighted by Crippen LogP contribution is 2.32. The quantitative estimate of drug-likeness (QED) is 0.191. The average Bonchev–Trinajstić information content (AvgIpc) is 3.46. The molecule has 0 unspecified atom stereocenters. The Kier molecular flexibility index (Phi) is 10.3. The Bertz CT molecular complexity index is 1680. The van der Waals surface area contributed by atoms with Crippen molar-refractivity contribution in [3.05, 3.63) is 100 Å². The van der Waals surface area contributed by atoms with Crippen LogP contribution in [0.2, 0.25) is 0 Å². The number of H-pyrrole nitrogens is 1. The maximum Gasteiger partial charge on any atom is 0.286 e. The van der Waals surface area contributed by atoms with Gasteiger partial charge in [-0.25, -0.2) is 13.4 Å². The molecule has 3 aromatic carbocycles. The fourth-order valence-electron chi connectivity index (χ4n) is 4.85. The first kappa shape index (κ1) is 31.7. The van der Waals surface area contributed by atoms with E-state index in [1.807, 2.05) is 48.5 Å². The summed E-state index contributed by atoms with van der Waals surface area (Å²) in [5, 5.41) is 12.4. The molecule has 2 heterocycles. The molecule has 44 heavy (non-hydrogen) atoms. The van der Waals surface area contributed by atoms with Crippen molar-refractivity contribution in [1.82, 2.24) is 19.6 Å². The second-order valence-corrected chi connectivity index (χ2v) is 12.9. The van der Waals surface area contributed by atoms with Gasteiger partial charge in [0.15, 0.2) is 5.76 Å². The smallest absolute Gasteiger partial charge is 0.286 e. The Hall–Kier alpha value is -3.75. The molecule has 5 rings (SSSR count). The fourth-order valence-corrected chi connectivity index (χ4v) is 6.53. The maximum atomic E-state index is 13.3. The molecule has 1 amide bonds. The number of halogens is 1. The summed E-state index contributed by atoms with van der Waals surface area (Å²) in [6, 6.07) is 21.4. The Labute approximate surface area is 264 Å². The molecular formula is C31H33BrN4O7S. The molecular weight excluding hydrogens is 652 g/mol. The average molecular weight is 686 g/mol. The van der Waals surface area contributed by atoms with E-state index >= 15 is 0 Å². The summed E-state index contributed by atoms with van der Waals surface area (Å²) in [7, 11) is -2.41. The van der Waals surface area contributed by atoms with Crippen molar-refractivity contribution in [2.45, 2.75) is 30.1 Å². The number of allylic oxidation sites excluding steroid dienone is 1. The van der Waals surface area contributed by atoms with Crippen LogP contribution in [0.1, 0.15) is 23.7 Å². The molecule has 0 saturated carbocycles. The molecule has 11 nitrogen and oxygen atoms in total. The molecule has 0 radical (unpaired) electrons. The lowest BCUT2D eigenvalue weighted by atomic mass is 9.93. The first-order chi connectivity index (χ1) is 21.3. The van der Waals surface area contributed by atoms with Crippen molar-refractivity contribution >= 4 is 42.9 Å². The summed E-state index contributed by atoms with van der Waals surface area (Å²) in [5.74, 6) is 0.620. The number of aromatic amines is 1. The minimum Gasteiger partial charge on any atom is -0.497 e. The predicted molar refractivity (Wildman–Crippen MR) is 167 cm³/mol. The fraction of sp³-hybridized carbons (Fsp3) is 0.290. The van der Waals surface area contributed by atoms with Gasteiger partial charge >= 0.3 is 0 Å². The number of sulfonamides is 1. The van der Waals surface area contributed by atoms with Crippen molar-refractivity contribution in [2.24, 2.45) is 0 Å². The van der Waals surface area contributed by atoms with Crippen molar-refractivity contribution in [3.8, 4) is 5.75 Å². The van der Waals surface area contributed by atoms with Crippen LogP contribution in [0.3, 0.4) is 0 Å². The van der Waals surface area contributed by atoms with E-state index in [4.69, 9.17) is 14.2 Å². The van der Waals surface area contributed by atoms with Crippen LogP contribution in [-0.2, 0) is 30.8 Å². The summed E-state index contributed by atoms with van der Waals surface area (Å²) in [6.45, 7) is -0.364. The largest absolute Gasteiger partial charge is 0.497 e. The maximum absolute atomic E-state index is 13.3. The number of aromatic nitrogens is 2. The van der Waals surface area contributed by atoms with Crippen molar-refractivity contribution in [1.29, 1.82) is 0 Å². The molecule has 0 spiro atoms. The second kappa shape index (κ2) is 14.4. The third kappa shape index (κ3) is 7.66. The number of ether oxygens (including phenoxy) is 3. The van der Waals surface area contributed by atoms with Gasteiger partial charge in [0, 0.05) is 29.9 Å². The highest BCUT2D eigenvalue weighted by Gasteiger charge is 2.30. The van der Waals surface area contributed by atoms with Gasteiger partial charge in [-0.3, -0.25) is 4.79 Å². The van der Waals surface area contributed by atoms with Crippen molar-refractivity contribution in [3.63, 3.8) is 0 Å². The highest BCUT2D eigenvalue weighted by atomic mass is 79.9. The van der Waals surface area contributed by atoms with Crippen LogP contribution in [0.5, 0.6) is 5.75 Å². The zero-order valence-electron chi connectivity index (χ0n) is 24.0. The third-order valence-corrected chi connectivity index (χ3v) is 9.57. The van der Waals surface area contributed by atoms with E-state index < -0.39 is 22.2 Å². The molecule has 0 bridgehead atoms. The number of amides is 1. The molecule has 2 atom stereocenters. The van der Waals surface area contributed by atoms with Crippen LogP contribution in [-0.4, -0.2) is 73.4 Å². The first-order valence-corrected chi connectivity index (χ1v) is 16.2. The Balaban J connectivity index is 1.26. The summed E-state index contributed by atoms with van der Waals surface area (Å²) < 4.78 is 45.7. The number of para-hydroxylation sites is 2. The molecule has 3 N–H and O–H groups in total. The van der Waals surface area contributed by atoms with Gasteiger partial charge in [-0.15, -0.1) is 0 Å². The summed E-state index contributed by atoms with van der Waals surface area (Å²) in [6.07, 6.45) is 1.36. The van der Waals surface area contributed by atoms with Crippen molar-refractivity contribution in [2.75, 3.05) is 33.4 Å². The van der Waals surface area contributed by atoms with Crippen LogP contribution < -0.4 is 10.1 Å². The number of methoxy groups -OCH3 is 1. The normalized spacial score (nSPS) is 16.9. The molecule has 1 aliphatic rings. The SMILES string of the molecule is COc1ccc(S(=O)(=O)N(CCO)CCO[C@@H]2C[C@H](c3ccc(Br)cc3)C=C(C(=O)NCc3nc4ccccc4[nH]3)O2)cc1. The standard InChI is InChI=1S/C31H33BrN4O7S/c1-41-24-10-12-25(13-11-24)44(39,40)36(14-16-37)15-17-42-30-19-22(21-6-8-23(32)9-7-21)18-28(43-30)31(38)33-20-29-34-26-4-2-3-5-27(26)35-29/h2-13,18,22,30,37H,14-17,19-20H2,1H3,(H,33,38)(H,34,35)/t22-,30+/m1/s1. The van der Waals surface area contributed by atoms with Crippen LogP contribution in [0, 0.1) is 0 Å². The molecule has 232 valence electrons. The third-order valence-electron chi connectivity index (χ3n) is 7.13. The van der Waals surface area contributed by atoms with E-state index in [2.05, 4.69) is 31.2 Å². The van der Waals surface area contributed by atoms with Gasteiger partial charge in [0.1, 0.15) is 11.6 Å². The number of carbonyl (C=O) groups excluding carboxylic acids is 1. The molecule has 1 aliphatic heterocycles. The van der Waals surface area contributed by atoms with Gasteiger partial charge in [-0.2, -0.15) is 4.31 Å². The second-order valence-electron chi connectivity index (χ2n) is 10.0. The first-order valence-electron chi connectivity index (χ1n) is 14.0. The molecule has 13 heteroatoms. The summed E-state index contributed by atoms with van der Waals surface area (Å²) in [4.78, 5) is 21.0. The molecule has 4 aromatic rings. The predicted octanol–water partition coefficient (Wildman–Crippen LogP) is 4.06. The van der Waals surface area contributed by atoms with Crippen LogP contribution in [0.15, 0.2) is 94.0 Å². The lowest BCUT2D eigenvalue weighted by Gasteiger charge is -2.30. The van der Waals surface area contributed by atoms with E-state index in [1.54, 1.807) is 18.2 Å². The van der Waals surface area contributed by atoms with E-state index in [0.717, 1.165) is 25.4 Å². The van der Waals surface area contributed by atoms with E-state index in [0.29, 0.717) is 18.0 Å². The molecule has 0 saturated heterocycles. The zero-order chi connectivity index (χ0) is 31.1. The van der Waals surface area contributed by atoms with Crippen LogP contribution in [0.25, 0.3) is 11.0 Å². The minimum atomic E-state index is -3.91. The minimum absolute atomic E-state index is 0.0268. The Morgan fingerprint density at radius 3 is 2.57 bits per heavy atom. The van der Waals surface area contributed by atoms with E-state index in [1.165, 1.54) is 19.2 Å². The zero-order valence-corrected chi connectivity index (χ0v) is 26.4. The van der Waals surface area contributed by atoms with Gasteiger partial charge in [-0.1, -0.05) is 40.2 Å². The number of rotatable bonds is 13. The van der Waals surface area contributed by atoms with Gasteiger partial charge in [0.2, 0.25) is 16.3 Å². The number of hydrogen-bond acceptors (Lipinski definition) is 8. The van der Waals surface area contributed by atoms with Crippen LogP contribution in [0.4, 0.5) is 0 Å². The topological polar surface area (TPSA) is 143 Å². The number of benzene rings is 3. The number of aliphatic hydroxyl groups is 1. The number of aliphatic hydroxyl groups excluding tert-OH is 1. The lowest BCUT2D eigenvalue weighted by Crippen LogP contribution is -2.38. The molecule has 0 fully saturated rings. The number of carbonyl (C=O) groups is 1. The summed E-state index contributed by atoms with van der Waals surface area (Å²) >= 11 is 3.46. The monoisotopic (exact) mass is 684 g/mol. The van der Waals surface area contributed by atoms with Gasteiger partial charge in [-0.05, 0) is 60.2 Å². The summed E-state index contributed by atoms with van der Waals surface area (Å²) in [5.41, 5.74) is 2.65. The Morgan fingerprint density at radius 1 is 1.11 bits per heavy atom. The highest BCUT2D eigenvalue weighted by molar-refractivity contribution is 9.10. The van der Waals surface area contributed by atoms with Crippen molar-refractivity contribution < 1.29 is 32.5 Å². The number of nitrogens with zero attached hydrogens (tertiary/aromatic N) is 2. The van der Waals surface area contributed by atoms with Gasteiger partial charge in [0.25, 0.3) is 5.91 Å². The molecule has 1 aromatic heterocycles. The Morgan fingerprint density at radius 2 is 1.86 bits per heavy atom. The van der Waals surface area contributed by atoms with Gasteiger partial charge < -0.3 is 29.6 Å². The number of hydrogen-bond donors (Lipinski definition) is 3. The lowest BCUT2D eigenvalue weighted by molar-refractivity contribution is -0.146. The van der Waals surface area contributed by atoms with Gasteiger partial charge in [0.05, 0.1) is 42.8 Å². The number of nitrogens with one attached hydrogen (secondary N) is 2.